The topological polar surface area (TPSA) is 70.1 Å². The largest absolute Gasteiger partial charge is 0.323 e. The fraction of sp³-hybridized carbons (Fsp3) is 0.833. The van der Waals surface area contributed by atoms with Crippen molar-refractivity contribution < 1.29 is 4.79 Å². The van der Waals surface area contributed by atoms with E-state index in [0.29, 0.717) is 12.3 Å². The monoisotopic (exact) mass is 223 g/mol. The van der Waals surface area contributed by atoms with Crippen molar-refractivity contribution >= 4 is 5.91 Å². The normalized spacial score (nSPS) is 26.9. The molecule has 2 N–H and O–H groups in total. The first-order chi connectivity index (χ1) is 7.47. The van der Waals surface area contributed by atoms with E-state index in [2.05, 4.69) is 6.07 Å². The van der Waals surface area contributed by atoms with E-state index < -0.39 is 6.04 Å². The molecular formula is C12H21N3O. The van der Waals surface area contributed by atoms with Crippen LogP contribution in [0.4, 0.5) is 0 Å². The predicted molar refractivity (Wildman–Crippen MR) is 62.4 cm³/mol. The highest BCUT2D eigenvalue weighted by molar-refractivity contribution is 5.82. The van der Waals surface area contributed by atoms with Gasteiger partial charge in [-0.3, -0.25) is 4.79 Å². The number of rotatable bonds is 3. The molecule has 1 aliphatic heterocycles. The maximum atomic E-state index is 12.1. The quantitative estimate of drug-likeness (QED) is 0.783. The van der Waals surface area contributed by atoms with Gasteiger partial charge in [-0.1, -0.05) is 13.8 Å². The lowest BCUT2D eigenvalue weighted by Crippen LogP contribution is -2.48. The highest BCUT2D eigenvalue weighted by Crippen LogP contribution is 2.24. The lowest BCUT2D eigenvalue weighted by atomic mass is 10.0. The maximum absolute atomic E-state index is 12.1. The number of hydrogen-bond donors (Lipinski definition) is 1. The molecule has 0 aromatic carbocycles. The molecule has 2 unspecified atom stereocenters. The molecule has 0 aromatic rings. The van der Waals surface area contributed by atoms with Crippen LogP contribution in [0.25, 0.3) is 0 Å². The second-order valence-electron chi connectivity index (χ2n) is 5.05. The predicted octanol–water partition coefficient (Wildman–Crippen LogP) is 1.26. The van der Waals surface area contributed by atoms with Crippen LogP contribution in [0.15, 0.2) is 0 Å². The molecule has 0 bridgehead atoms. The first-order valence-corrected chi connectivity index (χ1v) is 5.94. The zero-order chi connectivity index (χ0) is 12.3. The molecule has 0 aliphatic carbocycles. The summed E-state index contributed by atoms with van der Waals surface area (Å²) in [6.45, 7) is 6.07. The Morgan fingerprint density at radius 3 is 2.69 bits per heavy atom. The van der Waals surface area contributed by atoms with Gasteiger partial charge in [0.15, 0.2) is 0 Å². The van der Waals surface area contributed by atoms with Crippen molar-refractivity contribution in [1.82, 2.24) is 4.90 Å². The highest BCUT2D eigenvalue weighted by Gasteiger charge is 2.36. The summed E-state index contributed by atoms with van der Waals surface area (Å²) in [6.07, 6.45) is 2.36. The Kier molecular flexibility index (Phi) is 4.31. The van der Waals surface area contributed by atoms with Gasteiger partial charge in [-0.05, 0) is 32.1 Å². The average Bonchev–Trinajstić information content (AvgIpc) is 2.57. The maximum Gasteiger partial charge on any atom is 0.240 e. The van der Waals surface area contributed by atoms with E-state index in [4.69, 9.17) is 11.0 Å². The third-order valence-electron chi connectivity index (χ3n) is 3.11. The zero-order valence-corrected chi connectivity index (χ0v) is 10.3. The molecule has 1 rings (SSSR count). The van der Waals surface area contributed by atoms with E-state index in [1.807, 2.05) is 20.8 Å². The summed E-state index contributed by atoms with van der Waals surface area (Å²) in [6, 6.07) is 1.59. The molecule has 0 aromatic heterocycles. The third kappa shape index (κ3) is 2.73. The van der Waals surface area contributed by atoms with Crippen LogP contribution in [0.1, 0.15) is 40.0 Å². The number of likely N-dealkylation sites (tertiary alicyclic amines) is 1. The van der Waals surface area contributed by atoms with Gasteiger partial charge in [-0.2, -0.15) is 5.26 Å². The fourth-order valence-corrected chi connectivity index (χ4v) is 2.28. The molecule has 16 heavy (non-hydrogen) atoms. The van der Waals surface area contributed by atoms with Crippen LogP contribution in [0.2, 0.25) is 0 Å². The first kappa shape index (κ1) is 13.0. The van der Waals surface area contributed by atoms with Crippen LogP contribution >= 0.6 is 0 Å². The van der Waals surface area contributed by atoms with E-state index in [-0.39, 0.29) is 18.0 Å². The Labute approximate surface area is 97.4 Å². The Hall–Kier alpha value is -1.08. The first-order valence-electron chi connectivity index (χ1n) is 5.94. The van der Waals surface area contributed by atoms with Crippen LogP contribution in [-0.2, 0) is 4.79 Å². The molecule has 90 valence electrons. The summed E-state index contributed by atoms with van der Waals surface area (Å²) >= 11 is 0. The molecule has 1 saturated heterocycles. The van der Waals surface area contributed by atoms with Gasteiger partial charge in [-0.25, -0.2) is 0 Å². The van der Waals surface area contributed by atoms with Gasteiger partial charge in [0, 0.05) is 6.04 Å². The molecule has 0 saturated carbocycles. The second kappa shape index (κ2) is 5.31. The van der Waals surface area contributed by atoms with E-state index in [1.54, 1.807) is 4.90 Å². The van der Waals surface area contributed by atoms with Crippen molar-refractivity contribution in [3.63, 3.8) is 0 Å². The molecule has 0 radical (unpaired) electrons. The number of nitriles is 1. The number of carbonyl (C=O) groups is 1. The van der Waals surface area contributed by atoms with Crippen LogP contribution in [-0.4, -0.2) is 28.9 Å². The minimum atomic E-state index is -0.462. The minimum Gasteiger partial charge on any atom is -0.323 e. The van der Waals surface area contributed by atoms with Gasteiger partial charge in [0.2, 0.25) is 5.91 Å². The molecular weight excluding hydrogens is 202 g/mol. The van der Waals surface area contributed by atoms with E-state index in [1.165, 1.54) is 0 Å². The lowest BCUT2D eigenvalue weighted by Gasteiger charge is -2.28. The van der Waals surface area contributed by atoms with Crippen molar-refractivity contribution in [3.05, 3.63) is 0 Å². The van der Waals surface area contributed by atoms with Gasteiger partial charge in [-0.15, -0.1) is 0 Å². The molecule has 1 fully saturated rings. The standard InChI is InChI=1S/C12H21N3O/c1-8(2)6-11(14)12(16)15-9(3)4-5-10(15)7-13/h8-11H,4-6,14H2,1-3H3/t9?,10?,11-/m1/s1. The Balaban J connectivity index is 2.68. The van der Waals surface area contributed by atoms with Crippen molar-refractivity contribution in [1.29, 1.82) is 5.26 Å². The number of hydrogen-bond acceptors (Lipinski definition) is 3. The summed E-state index contributed by atoms with van der Waals surface area (Å²) in [7, 11) is 0. The van der Waals surface area contributed by atoms with Crippen LogP contribution < -0.4 is 5.73 Å². The SMILES string of the molecule is CC(C)C[C@@H](N)C(=O)N1C(C)CCC1C#N. The van der Waals surface area contributed by atoms with Gasteiger partial charge >= 0.3 is 0 Å². The number of carbonyl (C=O) groups excluding carboxylic acids is 1. The molecule has 0 spiro atoms. The van der Waals surface area contributed by atoms with Gasteiger partial charge < -0.3 is 10.6 Å². The second-order valence-corrected chi connectivity index (χ2v) is 5.05. The molecule has 3 atom stereocenters. The lowest BCUT2D eigenvalue weighted by molar-refractivity contribution is -0.134. The summed E-state index contributed by atoms with van der Waals surface area (Å²) in [5.74, 6) is 0.336. The summed E-state index contributed by atoms with van der Waals surface area (Å²) in [5.41, 5.74) is 5.88. The van der Waals surface area contributed by atoms with E-state index in [0.717, 1.165) is 12.8 Å². The van der Waals surface area contributed by atoms with E-state index >= 15 is 0 Å². The number of amides is 1. The Morgan fingerprint density at radius 2 is 2.19 bits per heavy atom. The summed E-state index contributed by atoms with van der Waals surface area (Å²) in [4.78, 5) is 13.8. The molecule has 1 aliphatic rings. The third-order valence-corrected chi connectivity index (χ3v) is 3.11. The Bertz CT molecular complexity index is 295. The Morgan fingerprint density at radius 1 is 1.56 bits per heavy atom. The number of nitrogens with zero attached hydrogens (tertiary/aromatic N) is 2. The molecule has 1 amide bonds. The minimum absolute atomic E-state index is 0.0646. The van der Waals surface area contributed by atoms with Crippen LogP contribution in [0.3, 0.4) is 0 Å². The van der Waals surface area contributed by atoms with Crippen molar-refractivity contribution in [2.24, 2.45) is 11.7 Å². The summed E-state index contributed by atoms with van der Waals surface area (Å²) in [5, 5.41) is 8.98. The van der Waals surface area contributed by atoms with Gasteiger partial charge in [0.25, 0.3) is 0 Å². The van der Waals surface area contributed by atoms with E-state index in [9.17, 15) is 4.79 Å². The fourth-order valence-electron chi connectivity index (χ4n) is 2.28. The van der Waals surface area contributed by atoms with Crippen molar-refractivity contribution in [3.8, 4) is 6.07 Å². The highest BCUT2D eigenvalue weighted by atomic mass is 16.2. The molecule has 1 heterocycles. The average molecular weight is 223 g/mol. The number of nitrogens with two attached hydrogens (primary N) is 1. The van der Waals surface area contributed by atoms with Crippen molar-refractivity contribution in [2.45, 2.75) is 58.2 Å². The van der Waals surface area contributed by atoms with Crippen LogP contribution in [0, 0.1) is 17.2 Å². The smallest absolute Gasteiger partial charge is 0.240 e. The van der Waals surface area contributed by atoms with Gasteiger partial charge in [0.1, 0.15) is 6.04 Å². The molecule has 4 heteroatoms. The van der Waals surface area contributed by atoms with Crippen LogP contribution in [0.5, 0.6) is 0 Å². The molecule has 4 nitrogen and oxygen atoms in total. The summed E-state index contributed by atoms with van der Waals surface area (Å²) < 4.78 is 0. The zero-order valence-electron chi connectivity index (χ0n) is 10.3. The van der Waals surface area contributed by atoms with Crippen molar-refractivity contribution in [2.75, 3.05) is 0 Å². The van der Waals surface area contributed by atoms with Gasteiger partial charge in [0.05, 0.1) is 12.1 Å².